The first kappa shape index (κ1) is 9.85. The predicted octanol–water partition coefficient (Wildman–Crippen LogP) is -3.29. The first-order chi connectivity index (χ1) is 5.57. The Hall–Kier alpha value is -0.240. The van der Waals surface area contributed by atoms with E-state index >= 15 is 0 Å². The predicted molar refractivity (Wildman–Crippen MR) is 39.9 cm³/mol. The molecule has 5 atom stereocenters. The molecule has 1 saturated heterocycles. The zero-order valence-electron chi connectivity index (χ0n) is 6.50. The smallest absolute Gasteiger partial charge is 0.172 e. The minimum atomic E-state index is -1.27. The summed E-state index contributed by atoms with van der Waals surface area (Å²) in [5.41, 5.74) is 10.5. The second-order valence-electron chi connectivity index (χ2n) is 2.86. The highest BCUT2D eigenvalue weighted by Crippen LogP contribution is 2.17. The van der Waals surface area contributed by atoms with E-state index in [-0.39, 0.29) is 6.54 Å². The molecule has 0 aromatic carbocycles. The van der Waals surface area contributed by atoms with Crippen LogP contribution in [0.25, 0.3) is 0 Å². The van der Waals surface area contributed by atoms with Crippen molar-refractivity contribution in [2.45, 2.75) is 30.6 Å². The summed E-state index contributed by atoms with van der Waals surface area (Å²) in [4.78, 5) is 0. The van der Waals surface area contributed by atoms with Gasteiger partial charge in [-0.1, -0.05) is 0 Å². The molecule has 1 heterocycles. The Labute approximate surface area is 69.7 Å². The van der Waals surface area contributed by atoms with Gasteiger partial charge in [0.15, 0.2) is 6.29 Å². The van der Waals surface area contributed by atoms with Crippen molar-refractivity contribution in [2.75, 3.05) is 6.54 Å². The van der Waals surface area contributed by atoms with Crippen molar-refractivity contribution in [1.29, 1.82) is 0 Å². The van der Waals surface area contributed by atoms with E-state index in [0.717, 1.165) is 0 Å². The highest BCUT2D eigenvalue weighted by Gasteiger charge is 2.41. The van der Waals surface area contributed by atoms with Gasteiger partial charge < -0.3 is 31.5 Å². The van der Waals surface area contributed by atoms with E-state index in [1.165, 1.54) is 0 Å². The SMILES string of the molecule is NC[C@@H]1O[C@H](O)[C@H](N)[C@@H](O)[C@@H]1O. The maximum atomic E-state index is 9.28. The van der Waals surface area contributed by atoms with E-state index in [9.17, 15) is 10.2 Å². The molecule has 1 rings (SSSR count). The molecule has 0 amide bonds. The van der Waals surface area contributed by atoms with Crippen LogP contribution in [-0.2, 0) is 4.74 Å². The van der Waals surface area contributed by atoms with E-state index in [1.807, 2.05) is 0 Å². The lowest BCUT2D eigenvalue weighted by Crippen LogP contribution is -2.62. The summed E-state index contributed by atoms with van der Waals surface area (Å²) in [7, 11) is 0. The van der Waals surface area contributed by atoms with Crippen molar-refractivity contribution >= 4 is 0 Å². The number of hydrogen-bond donors (Lipinski definition) is 5. The van der Waals surface area contributed by atoms with Crippen LogP contribution in [0, 0.1) is 0 Å². The minimum Gasteiger partial charge on any atom is -0.388 e. The third-order valence-corrected chi connectivity index (χ3v) is 2.00. The Morgan fingerprint density at radius 3 is 2.25 bits per heavy atom. The van der Waals surface area contributed by atoms with Crippen LogP contribution in [0.15, 0.2) is 0 Å². The Morgan fingerprint density at radius 1 is 1.17 bits per heavy atom. The summed E-state index contributed by atoms with van der Waals surface area (Å²) >= 11 is 0. The van der Waals surface area contributed by atoms with Gasteiger partial charge >= 0.3 is 0 Å². The number of hydrogen-bond acceptors (Lipinski definition) is 6. The van der Waals surface area contributed by atoms with Gasteiger partial charge in [0, 0.05) is 6.54 Å². The number of nitrogens with two attached hydrogens (primary N) is 2. The van der Waals surface area contributed by atoms with Crippen LogP contribution in [0.3, 0.4) is 0 Å². The van der Waals surface area contributed by atoms with Crippen LogP contribution in [0.1, 0.15) is 0 Å². The molecule has 6 nitrogen and oxygen atoms in total. The van der Waals surface area contributed by atoms with Gasteiger partial charge in [0.25, 0.3) is 0 Å². The molecule has 0 unspecified atom stereocenters. The van der Waals surface area contributed by atoms with E-state index in [0.29, 0.717) is 0 Å². The molecule has 0 aliphatic carbocycles. The summed E-state index contributed by atoms with van der Waals surface area (Å²) in [5.74, 6) is 0. The molecule has 1 aliphatic rings. The Bertz CT molecular complexity index is 152. The zero-order chi connectivity index (χ0) is 9.30. The molecule has 6 heteroatoms. The fourth-order valence-electron chi connectivity index (χ4n) is 1.16. The van der Waals surface area contributed by atoms with Gasteiger partial charge in [0.05, 0.1) is 6.04 Å². The molecule has 7 N–H and O–H groups in total. The normalized spacial score (nSPS) is 49.2. The molecule has 72 valence electrons. The molecular formula is C6H14N2O4. The standard InChI is InChI=1S/C6H14N2O4/c7-1-2-4(9)5(10)3(8)6(11)12-2/h2-6,9-11H,1,7-8H2/t2-,3+,4+,5+,6-/m0/s1. The number of ether oxygens (including phenoxy) is 1. The van der Waals surface area contributed by atoms with E-state index < -0.39 is 30.6 Å². The second-order valence-corrected chi connectivity index (χ2v) is 2.86. The maximum Gasteiger partial charge on any atom is 0.172 e. The fourth-order valence-corrected chi connectivity index (χ4v) is 1.16. The van der Waals surface area contributed by atoms with Gasteiger partial charge in [-0.2, -0.15) is 0 Å². The van der Waals surface area contributed by atoms with E-state index in [4.69, 9.17) is 21.3 Å². The van der Waals surface area contributed by atoms with Crippen molar-refractivity contribution in [3.8, 4) is 0 Å². The van der Waals surface area contributed by atoms with Crippen LogP contribution in [0.2, 0.25) is 0 Å². The van der Waals surface area contributed by atoms with Gasteiger partial charge in [-0.15, -0.1) is 0 Å². The molecular weight excluding hydrogens is 164 g/mol. The molecule has 0 radical (unpaired) electrons. The Morgan fingerprint density at radius 2 is 1.75 bits per heavy atom. The van der Waals surface area contributed by atoms with Gasteiger partial charge in [0.2, 0.25) is 0 Å². The first-order valence-corrected chi connectivity index (χ1v) is 3.73. The van der Waals surface area contributed by atoms with Crippen molar-refractivity contribution in [1.82, 2.24) is 0 Å². The molecule has 0 spiro atoms. The van der Waals surface area contributed by atoms with Crippen molar-refractivity contribution in [3.63, 3.8) is 0 Å². The van der Waals surface area contributed by atoms with Gasteiger partial charge in [-0.05, 0) is 0 Å². The molecule has 0 saturated carbocycles. The number of aliphatic hydroxyl groups excluding tert-OH is 3. The van der Waals surface area contributed by atoms with E-state index in [2.05, 4.69) is 0 Å². The summed E-state index contributed by atoms with van der Waals surface area (Å²) in [5, 5.41) is 27.6. The maximum absolute atomic E-state index is 9.28. The lowest BCUT2D eigenvalue weighted by Gasteiger charge is -2.38. The largest absolute Gasteiger partial charge is 0.388 e. The van der Waals surface area contributed by atoms with Crippen LogP contribution >= 0.6 is 0 Å². The Kier molecular flexibility index (Phi) is 2.99. The fraction of sp³-hybridized carbons (Fsp3) is 1.00. The third-order valence-electron chi connectivity index (χ3n) is 2.00. The molecule has 1 aliphatic heterocycles. The van der Waals surface area contributed by atoms with Crippen LogP contribution in [0.5, 0.6) is 0 Å². The van der Waals surface area contributed by atoms with Crippen LogP contribution < -0.4 is 11.5 Å². The van der Waals surface area contributed by atoms with E-state index in [1.54, 1.807) is 0 Å². The summed E-state index contributed by atoms with van der Waals surface area (Å²) in [6, 6.07) is -0.984. The topological polar surface area (TPSA) is 122 Å². The average molecular weight is 178 g/mol. The first-order valence-electron chi connectivity index (χ1n) is 3.73. The molecule has 0 bridgehead atoms. The second kappa shape index (κ2) is 3.65. The highest BCUT2D eigenvalue weighted by atomic mass is 16.6. The van der Waals surface area contributed by atoms with Gasteiger partial charge in [-0.25, -0.2) is 0 Å². The number of rotatable bonds is 1. The molecule has 12 heavy (non-hydrogen) atoms. The van der Waals surface area contributed by atoms with Crippen molar-refractivity contribution in [2.24, 2.45) is 11.5 Å². The molecule has 1 fully saturated rings. The average Bonchev–Trinajstić information content (AvgIpc) is 2.08. The van der Waals surface area contributed by atoms with Crippen molar-refractivity contribution < 1.29 is 20.1 Å². The molecule has 0 aromatic heterocycles. The monoisotopic (exact) mass is 178 g/mol. The van der Waals surface area contributed by atoms with Crippen LogP contribution in [-0.4, -0.2) is 52.5 Å². The lowest BCUT2D eigenvalue weighted by atomic mass is 9.98. The summed E-state index contributed by atoms with van der Waals surface area (Å²) in [6.45, 7) is 0.0298. The summed E-state index contributed by atoms with van der Waals surface area (Å²) in [6.07, 6.45) is -4.34. The Balaban J connectivity index is 2.63. The summed E-state index contributed by atoms with van der Waals surface area (Å²) < 4.78 is 4.83. The zero-order valence-corrected chi connectivity index (χ0v) is 6.50. The third kappa shape index (κ3) is 1.58. The van der Waals surface area contributed by atoms with Gasteiger partial charge in [-0.3, -0.25) is 0 Å². The lowest BCUT2D eigenvalue weighted by molar-refractivity contribution is -0.238. The quantitative estimate of drug-likeness (QED) is 0.287. The van der Waals surface area contributed by atoms with Crippen molar-refractivity contribution in [3.05, 3.63) is 0 Å². The minimum absolute atomic E-state index is 0.0298. The van der Waals surface area contributed by atoms with Gasteiger partial charge in [0.1, 0.15) is 18.3 Å². The highest BCUT2D eigenvalue weighted by molar-refractivity contribution is 4.91. The number of aliphatic hydroxyl groups is 3. The van der Waals surface area contributed by atoms with Crippen LogP contribution in [0.4, 0.5) is 0 Å². The molecule has 0 aromatic rings.